The number of unbranched alkanes of at least 4 members (excludes halogenated alkanes) is 1. The summed E-state index contributed by atoms with van der Waals surface area (Å²) in [6, 6.07) is 0. The zero-order valence-electron chi connectivity index (χ0n) is 9.79. The maximum absolute atomic E-state index is 12.1. The van der Waals surface area contributed by atoms with Gasteiger partial charge in [0.1, 0.15) is 0 Å². The van der Waals surface area contributed by atoms with Gasteiger partial charge in [-0.05, 0) is 6.42 Å². The van der Waals surface area contributed by atoms with E-state index in [0.29, 0.717) is 6.42 Å². The summed E-state index contributed by atoms with van der Waals surface area (Å²) in [6.45, 7) is -0.190. The third-order valence-corrected chi connectivity index (χ3v) is 1.93. The van der Waals surface area contributed by atoms with Crippen LogP contribution in [0.25, 0.3) is 0 Å². The number of halogens is 3. The number of hydrogen-bond acceptors (Lipinski definition) is 4. The number of esters is 1. The molecule has 102 valence electrons. The van der Waals surface area contributed by atoms with Gasteiger partial charge < -0.3 is 9.84 Å². The topological polar surface area (TPSA) is 49.8 Å². The van der Waals surface area contributed by atoms with Crippen LogP contribution in [0.15, 0.2) is 0 Å². The van der Waals surface area contributed by atoms with E-state index in [4.69, 9.17) is 9.84 Å². The SMILES string of the molecule is CCCCOC(=O)CN(CCO)CC(F)(F)F. The van der Waals surface area contributed by atoms with E-state index < -0.39 is 31.8 Å². The minimum Gasteiger partial charge on any atom is -0.465 e. The summed E-state index contributed by atoms with van der Waals surface area (Å²) in [5, 5.41) is 8.60. The first-order chi connectivity index (χ1) is 7.89. The summed E-state index contributed by atoms with van der Waals surface area (Å²) < 4.78 is 41.1. The maximum Gasteiger partial charge on any atom is 0.401 e. The lowest BCUT2D eigenvalue weighted by Gasteiger charge is -2.21. The summed E-state index contributed by atoms with van der Waals surface area (Å²) in [7, 11) is 0. The van der Waals surface area contributed by atoms with Crippen molar-refractivity contribution in [1.29, 1.82) is 0 Å². The standard InChI is InChI=1S/C10H18F3NO3/c1-2-3-6-17-9(16)7-14(4-5-15)8-10(11,12)13/h15H,2-8H2,1H3. The molecule has 1 N–H and O–H groups in total. The first-order valence-electron chi connectivity index (χ1n) is 5.44. The molecule has 0 aromatic carbocycles. The van der Waals surface area contributed by atoms with Crippen LogP contribution in [0, 0.1) is 0 Å². The van der Waals surface area contributed by atoms with Crippen molar-refractivity contribution in [3.8, 4) is 0 Å². The largest absolute Gasteiger partial charge is 0.465 e. The van der Waals surface area contributed by atoms with E-state index in [-0.39, 0.29) is 13.2 Å². The molecule has 0 atom stereocenters. The normalized spacial score (nSPS) is 11.9. The Labute approximate surface area is 98.3 Å². The molecule has 0 bridgehead atoms. The van der Waals surface area contributed by atoms with Crippen LogP contribution >= 0.6 is 0 Å². The van der Waals surface area contributed by atoms with Gasteiger partial charge in [0.25, 0.3) is 0 Å². The number of nitrogens with zero attached hydrogens (tertiary/aromatic N) is 1. The smallest absolute Gasteiger partial charge is 0.401 e. The second kappa shape index (κ2) is 8.30. The fourth-order valence-electron chi connectivity index (χ4n) is 1.17. The Kier molecular flexibility index (Phi) is 7.90. The van der Waals surface area contributed by atoms with Crippen LogP contribution in [0.2, 0.25) is 0 Å². The highest BCUT2D eigenvalue weighted by Gasteiger charge is 2.31. The molecule has 0 radical (unpaired) electrons. The Morgan fingerprint density at radius 3 is 2.53 bits per heavy atom. The molecular formula is C10H18F3NO3. The minimum absolute atomic E-state index is 0.206. The number of aliphatic hydroxyl groups excluding tert-OH is 1. The molecule has 0 unspecified atom stereocenters. The fourth-order valence-corrected chi connectivity index (χ4v) is 1.17. The molecule has 0 fully saturated rings. The Morgan fingerprint density at radius 2 is 2.06 bits per heavy atom. The summed E-state index contributed by atoms with van der Waals surface area (Å²) in [4.78, 5) is 12.0. The summed E-state index contributed by atoms with van der Waals surface area (Å²) in [5.74, 6) is -0.698. The molecular weight excluding hydrogens is 239 g/mol. The zero-order chi connectivity index (χ0) is 13.3. The van der Waals surface area contributed by atoms with Crippen LogP contribution < -0.4 is 0 Å². The van der Waals surface area contributed by atoms with Crippen LogP contribution in [-0.2, 0) is 9.53 Å². The maximum atomic E-state index is 12.1. The Hall–Kier alpha value is -0.820. The minimum atomic E-state index is -4.39. The number of carbonyl (C=O) groups excluding carboxylic acids is 1. The number of hydrogen-bond donors (Lipinski definition) is 1. The summed E-state index contributed by atoms with van der Waals surface area (Å²) >= 11 is 0. The highest BCUT2D eigenvalue weighted by molar-refractivity contribution is 5.71. The van der Waals surface area contributed by atoms with Crippen LogP contribution in [0.3, 0.4) is 0 Å². The predicted octanol–water partition coefficient (Wildman–Crippen LogP) is 1.19. The third kappa shape index (κ3) is 10.1. The van der Waals surface area contributed by atoms with Crippen molar-refractivity contribution < 1.29 is 27.8 Å². The van der Waals surface area contributed by atoms with Crippen molar-refractivity contribution in [3.05, 3.63) is 0 Å². The molecule has 0 aromatic heterocycles. The van der Waals surface area contributed by atoms with E-state index in [0.717, 1.165) is 11.3 Å². The molecule has 0 aliphatic heterocycles. The molecule has 17 heavy (non-hydrogen) atoms. The lowest BCUT2D eigenvalue weighted by Crippen LogP contribution is -2.40. The molecule has 0 amide bonds. The first kappa shape index (κ1) is 16.2. The molecule has 7 heteroatoms. The van der Waals surface area contributed by atoms with Crippen molar-refractivity contribution in [1.82, 2.24) is 4.90 Å². The highest BCUT2D eigenvalue weighted by atomic mass is 19.4. The summed E-state index contributed by atoms with van der Waals surface area (Å²) in [6.07, 6.45) is -2.86. The summed E-state index contributed by atoms with van der Waals surface area (Å²) in [5.41, 5.74) is 0. The van der Waals surface area contributed by atoms with E-state index in [1.54, 1.807) is 0 Å². The molecule has 0 rings (SSSR count). The molecule has 0 saturated carbocycles. The monoisotopic (exact) mass is 257 g/mol. The molecule has 0 aromatic rings. The average molecular weight is 257 g/mol. The lowest BCUT2D eigenvalue weighted by molar-refractivity contribution is -0.157. The van der Waals surface area contributed by atoms with Crippen LogP contribution in [0.5, 0.6) is 0 Å². The number of aliphatic hydroxyl groups is 1. The lowest BCUT2D eigenvalue weighted by atomic mass is 10.4. The van der Waals surface area contributed by atoms with Gasteiger partial charge >= 0.3 is 12.1 Å². The van der Waals surface area contributed by atoms with Crippen LogP contribution in [0.4, 0.5) is 13.2 Å². The Balaban J connectivity index is 4.01. The van der Waals surface area contributed by atoms with Gasteiger partial charge in [-0.2, -0.15) is 13.2 Å². The third-order valence-electron chi connectivity index (χ3n) is 1.93. The quantitative estimate of drug-likeness (QED) is 0.524. The van der Waals surface area contributed by atoms with E-state index in [2.05, 4.69) is 0 Å². The van der Waals surface area contributed by atoms with E-state index in [1.807, 2.05) is 6.92 Å². The van der Waals surface area contributed by atoms with Gasteiger partial charge in [-0.1, -0.05) is 13.3 Å². The van der Waals surface area contributed by atoms with Crippen molar-refractivity contribution in [3.63, 3.8) is 0 Å². The Bertz CT molecular complexity index is 221. The van der Waals surface area contributed by atoms with E-state index in [9.17, 15) is 18.0 Å². The number of rotatable bonds is 8. The van der Waals surface area contributed by atoms with E-state index >= 15 is 0 Å². The average Bonchev–Trinajstić information content (AvgIpc) is 2.15. The zero-order valence-corrected chi connectivity index (χ0v) is 9.79. The fraction of sp³-hybridized carbons (Fsp3) is 0.900. The molecule has 4 nitrogen and oxygen atoms in total. The van der Waals surface area contributed by atoms with Crippen molar-refractivity contribution >= 4 is 5.97 Å². The van der Waals surface area contributed by atoms with Gasteiger partial charge in [-0.3, -0.25) is 9.69 Å². The Morgan fingerprint density at radius 1 is 1.41 bits per heavy atom. The van der Waals surface area contributed by atoms with Crippen LogP contribution in [0.1, 0.15) is 19.8 Å². The first-order valence-corrected chi connectivity index (χ1v) is 5.44. The highest BCUT2D eigenvalue weighted by Crippen LogP contribution is 2.16. The van der Waals surface area contributed by atoms with Crippen LogP contribution in [-0.4, -0.2) is 55.0 Å². The number of alkyl halides is 3. The van der Waals surface area contributed by atoms with E-state index in [1.165, 1.54) is 0 Å². The van der Waals surface area contributed by atoms with Gasteiger partial charge in [0.05, 0.1) is 26.3 Å². The van der Waals surface area contributed by atoms with Gasteiger partial charge in [-0.15, -0.1) is 0 Å². The van der Waals surface area contributed by atoms with Crippen molar-refractivity contribution in [2.45, 2.75) is 25.9 Å². The predicted molar refractivity (Wildman–Crippen MR) is 55.4 cm³/mol. The number of ether oxygens (including phenoxy) is 1. The van der Waals surface area contributed by atoms with Gasteiger partial charge in [0, 0.05) is 6.54 Å². The molecule has 0 saturated heterocycles. The van der Waals surface area contributed by atoms with Gasteiger partial charge in [0.15, 0.2) is 0 Å². The van der Waals surface area contributed by atoms with Crippen molar-refractivity contribution in [2.24, 2.45) is 0 Å². The molecule has 0 heterocycles. The molecule has 0 aliphatic rings. The molecule has 0 aliphatic carbocycles. The van der Waals surface area contributed by atoms with Gasteiger partial charge in [-0.25, -0.2) is 0 Å². The second-order valence-corrected chi connectivity index (χ2v) is 3.62. The second-order valence-electron chi connectivity index (χ2n) is 3.62. The number of carbonyl (C=O) groups is 1. The molecule has 0 spiro atoms. The van der Waals surface area contributed by atoms with Crippen molar-refractivity contribution in [2.75, 3.05) is 32.8 Å². The van der Waals surface area contributed by atoms with Gasteiger partial charge in [0.2, 0.25) is 0 Å².